The van der Waals surface area contributed by atoms with Crippen LogP contribution in [0.1, 0.15) is 16.1 Å². The van der Waals surface area contributed by atoms with Crippen molar-refractivity contribution in [2.45, 2.75) is 10.4 Å². The third-order valence-corrected chi connectivity index (χ3v) is 7.01. The van der Waals surface area contributed by atoms with E-state index in [0.717, 1.165) is 5.39 Å². The first-order chi connectivity index (χ1) is 16.2. The Morgan fingerprint density at radius 3 is 2.18 bits per heavy atom. The number of carbonyl (C=O) groups is 1. The number of fused-ring (bicyclic) bond motifs is 2. The van der Waals surface area contributed by atoms with Gasteiger partial charge in [0.2, 0.25) is 11.5 Å². The maximum Gasteiger partial charge on any atom is 0.502 e. The SMILES string of the molecule is O=C(c1ccc2ccccc2c1)c1onc(-c2cccc3ccccc23)c1S(=O)(=O)C(F)(F)F. The van der Waals surface area contributed by atoms with Crippen LogP contribution in [0.3, 0.4) is 0 Å². The minimum Gasteiger partial charge on any atom is -0.351 e. The van der Waals surface area contributed by atoms with Crippen molar-refractivity contribution in [1.82, 2.24) is 5.16 Å². The van der Waals surface area contributed by atoms with E-state index in [2.05, 4.69) is 5.16 Å². The maximum absolute atomic E-state index is 13.7. The van der Waals surface area contributed by atoms with Crippen molar-refractivity contribution in [3.8, 4) is 11.3 Å². The molecule has 0 unspecified atom stereocenters. The topological polar surface area (TPSA) is 77.2 Å². The Morgan fingerprint density at radius 2 is 1.44 bits per heavy atom. The second-order valence-corrected chi connectivity index (χ2v) is 9.43. The van der Waals surface area contributed by atoms with Crippen LogP contribution in [0.15, 0.2) is 94.3 Å². The van der Waals surface area contributed by atoms with Crippen LogP contribution in [-0.2, 0) is 9.84 Å². The van der Waals surface area contributed by atoms with Crippen LogP contribution < -0.4 is 0 Å². The van der Waals surface area contributed by atoms with Crippen molar-refractivity contribution in [2.75, 3.05) is 0 Å². The Hall–Kier alpha value is -3.98. The molecule has 5 aromatic rings. The summed E-state index contributed by atoms with van der Waals surface area (Å²) in [6.45, 7) is 0. The van der Waals surface area contributed by atoms with E-state index >= 15 is 0 Å². The van der Waals surface area contributed by atoms with E-state index in [1.54, 1.807) is 66.7 Å². The summed E-state index contributed by atoms with van der Waals surface area (Å²) >= 11 is 0. The van der Waals surface area contributed by atoms with Crippen LogP contribution in [0.25, 0.3) is 32.8 Å². The van der Waals surface area contributed by atoms with Gasteiger partial charge in [-0.3, -0.25) is 4.79 Å². The van der Waals surface area contributed by atoms with Crippen molar-refractivity contribution >= 4 is 37.2 Å². The molecule has 0 fully saturated rings. The monoisotopic (exact) mass is 481 g/mol. The highest BCUT2D eigenvalue weighted by molar-refractivity contribution is 7.92. The summed E-state index contributed by atoms with van der Waals surface area (Å²) in [5, 5.41) is 6.22. The normalized spacial score (nSPS) is 12.3. The zero-order valence-corrected chi connectivity index (χ0v) is 18.0. The second-order valence-electron chi connectivity index (χ2n) is 7.56. The Bertz CT molecular complexity index is 1680. The van der Waals surface area contributed by atoms with Crippen LogP contribution in [-0.4, -0.2) is 24.9 Å². The number of sulfone groups is 1. The van der Waals surface area contributed by atoms with E-state index in [1.807, 2.05) is 0 Å². The van der Waals surface area contributed by atoms with Crippen LogP contribution in [0.5, 0.6) is 0 Å². The summed E-state index contributed by atoms with van der Waals surface area (Å²) in [4.78, 5) is 11.9. The molecular weight excluding hydrogens is 467 g/mol. The molecule has 0 aliphatic heterocycles. The molecule has 5 nitrogen and oxygen atoms in total. The number of rotatable bonds is 4. The van der Waals surface area contributed by atoms with Gasteiger partial charge in [0.15, 0.2) is 4.90 Å². The molecule has 0 aliphatic carbocycles. The summed E-state index contributed by atoms with van der Waals surface area (Å²) < 4.78 is 71.4. The number of ketones is 1. The molecule has 1 aromatic heterocycles. The third kappa shape index (κ3) is 3.45. The minimum absolute atomic E-state index is 0.0297. The molecule has 0 bridgehead atoms. The van der Waals surface area contributed by atoms with Crippen molar-refractivity contribution in [3.05, 3.63) is 96.3 Å². The molecule has 0 atom stereocenters. The summed E-state index contributed by atoms with van der Waals surface area (Å²) in [5.74, 6) is -2.01. The highest BCUT2D eigenvalue weighted by Gasteiger charge is 2.52. The van der Waals surface area contributed by atoms with E-state index in [4.69, 9.17) is 4.52 Å². The van der Waals surface area contributed by atoms with Gasteiger partial charge in [-0.25, -0.2) is 8.42 Å². The fourth-order valence-corrected chi connectivity index (χ4v) is 4.86. The highest BCUT2D eigenvalue weighted by Crippen LogP contribution is 2.41. The predicted octanol–water partition coefficient (Wildman–Crippen LogP) is 6.17. The fourth-order valence-electron chi connectivity index (χ4n) is 3.86. The fraction of sp³-hybridized carbons (Fsp3) is 0.0400. The Morgan fingerprint density at radius 1 is 0.794 bits per heavy atom. The van der Waals surface area contributed by atoms with Crippen LogP contribution in [0.2, 0.25) is 0 Å². The van der Waals surface area contributed by atoms with Crippen molar-refractivity contribution in [3.63, 3.8) is 0 Å². The van der Waals surface area contributed by atoms with Crippen LogP contribution in [0, 0.1) is 0 Å². The maximum atomic E-state index is 13.7. The lowest BCUT2D eigenvalue weighted by atomic mass is 10.0. The Kier molecular flexibility index (Phi) is 5.02. The van der Waals surface area contributed by atoms with E-state index in [9.17, 15) is 26.4 Å². The number of benzene rings is 4. The number of nitrogens with zero attached hydrogens (tertiary/aromatic N) is 1. The molecule has 0 N–H and O–H groups in total. The number of hydrogen-bond acceptors (Lipinski definition) is 5. The third-order valence-electron chi connectivity index (χ3n) is 5.49. The molecule has 0 saturated heterocycles. The van der Waals surface area contributed by atoms with Crippen molar-refractivity contribution in [2.24, 2.45) is 0 Å². The standard InChI is InChI=1S/C25H14F3NO4S/c26-25(27,28)34(31,32)24-21(20-11-5-9-16-7-3-4-10-19(16)20)29-33-23(24)22(30)18-13-12-15-6-1-2-8-17(15)14-18/h1-14H. The predicted molar refractivity (Wildman–Crippen MR) is 120 cm³/mol. The van der Waals surface area contributed by atoms with Crippen LogP contribution >= 0.6 is 0 Å². The average Bonchev–Trinajstić information content (AvgIpc) is 3.28. The lowest BCUT2D eigenvalue weighted by Gasteiger charge is -2.10. The number of aromatic nitrogens is 1. The van der Waals surface area contributed by atoms with Gasteiger partial charge in [0, 0.05) is 11.1 Å². The molecule has 0 aliphatic rings. The molecule has 1 heterocycles. The molecular formula is C25H14F3NO4S. The van der Waals surface area contributed by atoms with Gasteiger partial charge < -0.3 is 4.52 Å². The Labute approximate surface area is 191 Å². The molecule has 5 rings (SSSR count). The summed E-state index contributed by atoms with van der Waals surface area (Å²) in [5.41, 5.74) is -6.17. The molecule has 4 aromatic carbocycles. The second kappa shape index (κ2) is 7.81. The Balaban J connectivity index is 1.77. The molecule has 0 radical (unpaired) electrons. The molecule has 34 heavy (non-hydrogen) atoms. The first-order valence-electron chi connectivity index (χ1n) is 10.0. The van der Waals surface area contributed by atoms with Gasteiger partial charge in [-0.05, 0) is 27.6 Å². The summed E-state index contributed by atoms with van der Waals surface area (Å²) in [6.07, 6.45) is 0. The average molecular weight is 481 g/mol. The largest absolute Gasteiger partial charge is 0.502 e. The summed E-state index contributed by atoms with van der Waals surface area (Å²) in [6, 6.07) is 23.0. The smallest absolute Gasteiger partial charge is 0.351 e. The zero-order valence-electron chi connectivity index (χ0n) is 17.2. The van der Waals surface area contributed by atoms with Gasteiger partial charge in [0.25, 0.3) is 9.84 Å². The summed E-state index contributed by atoms with van der Waals surface area (Å²) in [7, 11) is -5.98. The first kappa shape index (κ1) is 21.8. The van der Waals surface area contributed by atoms with Gasteiger partial charge in [-0.15, -0.1) is 0 Å². The lowest BCUT2D eigenvalue weighted by molar-refractivity contribution is -0.0436. The number of halogens is 3. The highest BCUT2D eigenvalue weighted by atomic mass is 32.2. The molecule has 0 amide bonds. The van der Waals surface area contributed by atoms with E-state index in [1.165, 1.54) is 18.2 Å². The van der Waals surface area contributed by atoms with E-state index < -0.39 is 37.5 Å². The quantitative estimate of drug-likeness (QED) is 0.287. The van der Waals surface area contributed by atoms with Gasteiger partial charge in [0.1, 0.15) is 5.69 Å². The van der Waals surface area contributed by atoms with Gasteiger partial charge in [-0.2, -0.15) is 13.2 Å². The number of hydrogen-bond donors (Lipinski definition) is 0. The van der Waals surface area contributed by atoms with Gasteiger partial charge in [0.05, 0.1) is 0 Å². The zero-order chi connectivity index (χ0) is 24.1. The van der Waals surface area contributed by atoms with E-state index in [0.29, 0.717) is 16.2 Å². The molecule has 9 heteroatoms. The lowest BCUT2D eigenvalue weighted by Crippen LogP contribution is -2.25. The minimum atomic E-state index is -5.98. The molecule has 170 valence electrons. The van der Waals surface area contributed by atoms with Gasteiger partial charge in [-0.1, -0.05) is 84.0 Å². The molecule has 0 spiro atoms. The van der Waals surface area contributed by atoms with Gasteiger partial charge >= 0.3 is 5.51 Å². The van der Waals surface area contributed by atoms with Crippen molar-refractivity contribution in [1.29, 1.82) is 0 Å². The van der Waals surface area contributed by atoms with Crippen LogP contribution in [0.4, 0.5) is 13.2 Å². The number of carbonyl (C=O) groups excluding carboxylic acids is 1. The molecule has 0 saturated carbocycles. The van der Waals surface area contributed by atoms with Crippen molar-refractivity contribution < 1.29 is 30.9 Å². The van der Waals surface area contributed by atoms with E-state index in [-0.39, 0.29) is 11.1 Å². The number of alkyl halides is 3. The first-order valence-corrected chi connectivity index (χ1v) is 11.5.